The molecule has 20 heavy (non-hydrogen) atoms. The van der Waals surface area contributed by atoms with Gasteiger partial charge in [-0.1, -0.05) is 30.3 Å². The Morgan fingerprint density at radius 1 is 1.30 bits per heavy atom. The minimum atomic E-state index is -0.312. The number of hydrogen-bond donors (Lipinski definition) is 0. The van der Waals surface area contributed by atoms with Gasteiger partial charge in [-0.05, 0) is 33.7 Å². The molecule has 2 rings (SSSR count). The Morgan fingerprint density at radius 3 is 2.65 bits per heavy atom. The summed E-state index contributed by atoms with van der Waals surface area (Å²) in [5.74, 6) is -0.312. The summed E-state index contributed by atoms with van der Waals surface area (Å²) in [6.45, 7) is 0.491. The van der Waals surface area contributed by atoms with E-state index in [9.17, 15) is 9.59 Å². The fourth-order valence-corrected chi connectivity index (χ4v) is 2.46. The largest absolute Gasteiger partial charge is 0.469 e. The van der Waals surface area contributed by atoms with Gasteiger partial charge in [-0.2, -0.15) is 0 Å². The highest BCUT2D eigenvalue weighted by Gasteiger charge is 2.10. The number of pyridine rings is 1. The summed E-state index contributed by atoms with van der Waals surface area (Å²) in [5, 5.41) is 0. The number of ether oxygens (including phenoxy) is 1. The van der Waals surface area contributed by atoms with Crippen LogP contribution in [0.5, 0.6) is 0 Å². The maximum Gasteiger partial charge on any atom is 0.310 e. The van der Waals surface area contributed by atoms with Gasteiger partial charge in [0.2, 0.25) is 0 Å². The van der Waals surface area contributed by atoms with Crippen LogP contribution in [0.2, 0.25) is 0 Å². The molecule has 1 aromatic heterocycles. The van der Waals surface area contributed by atoms with E-state index in [1.165, 1.54) is 7.11 Å². The van der Waals surface area contributed by atoms with Gasteiger partial charge in [0.25, 0.3) is 5.56 Å². The molecular weight excluding hydrogens is 369 g/mol. The van der Waals surface area contributed by atoms with E-state index in [0.717, 1.165) is 14.7 Å². The number of carbonyl (C=O) groups excluding carboxylic acids is 1. The van der Waals surface area contributed by atoms with Crippen molar-refractivity contribution in [3.8, 4) is 0 Å². The van der Waals surface area contributed by atoms with Crippen LogP contribution in [0.15, 0.2) is 47.4 Å². The number of nitrogens with zero attached hydrogens (tertiary/aromatic N) is 1. The Kier molecular flexibility index (Phi) is 4.94. The molecule has 1 heterocycles. The van der Waals surface area contributed by atoms with Crippen LogP contribution in [0.3, 0.4) is 0 Å². The summed E-state index contributed by atoms with van der Waals surface area (Å²) in [6, 6.07) is 11.3. The van der Waals surface area contributed by atoms with E-state index < -0.39 is 0 Å². The highest BCUT2D eigenvalue weighted by molar-refractivity contribution is 14.1. The fourth-order valence-electron chi connectivity index (χ4n) is 1.86. The molecule has 5 heteroatoms. The second-order valence-electron chi connectivity index (χ2n) is 4.35. The number of aromatic nitrogens is 1. The van der Waals surface area contributed by atoms with Gasteiger partial charge in [0, 0.05) is 15.8 Å². The molecule has 0 fully saturated rings. The Bertz CT molecular complexity index is 665. The van der Waals surface area contributed by atoms with Crippen LogP contribution in [0.25, 0.3) is 0 Å². The van der Waals surface area contributed by atoms with E-state index in [1.54, 1.807) is 16.8 Å². The van der Waals surface area contributed by atoms with E-state index in [2.05, 4.69) is 27.3 Å². The van der Waals surface area contributed by atoms with Crippen LogP contribution in [0.1, 0.15) is 11.1 Å². The first-order chi connectivity index (χ1) is 9.60. The summed E-state index contributed by atoms with van der Waals surface area (Å²) >= 11 is 2.06. The molecule has 0 N–H and O–H groups in total. The van der Waals surface area contributed by atoms with Crippen LogP contribution in [-0.4, -0.2) is 17.6 Å². The standard InChI is InChI=1S/C15H14INO3/c1-20-15(19)7-12-10-17(14(18)8-13(12)16)9-11-5-3-2-4-6-11/h2-6,8,10H,7,9H2,1H3. The van der Waals surface area contributed by atoms with Crippen LogP contribution >= 0.6 is 22.6 Å². The first-order valence-corrected chi connectivity index (χ1v) is 7.17. The first-order valence-electron chi connectivity index (χ1n) is 6.10. The monoisotopic (exact) mass is 383 g/mol. The van der Waals surface area contributed by atoms with Crippen molar-refractivity contribution in [2.24, 2.45) is 0 Å². The van der Waals surface area contributed by atoms with Crippen LogP contribution in [-0.2, 0) is 22.5 Å². The van der Waals surface area contributed by atoms with Gasteiger partial charge in [0.15, 0.2) is 0 Å². The van der Waals surface area contributed by atoms with E-state index >= 15 is 0 Å². The second kappa shape index (κ2) is 6.69. The minimum absolute atomic E-state index is 0.0770. The van der Waals surface area contributed by atoms with Crippen molar-refractivity contribution in [3.05, 3.63) is 67.6 Å². The highest BCUT2D eigenvalue weighted by atomic mass is 127. The molecule has 0 saturated carbocycles. The Balaban J connectivity index is 2.31. The molecule has 0 amide bonds. The van der Waals surface area contributed by atoms with Crippen molar-refractivity contribution in [1.82, 2.24) is 4.57 Å². The number of halogens is 1. The SMILES string of the molecule is COC(=O)Cc1cn(Cc2ccccc2)c(=O)cc1I. The van der Waals surface area contributed by atoms with Gasteiger partial charge < -0.3 is 9.30 Å². The lowest BCUT2D eigenvalue weighted by Crippen LogP contribution is -2.22. The molecule has 0 atom stereocenters. The zero-order valence-electron chi connectivity index (χ0n) is 11.0. The molecule has 0 bridgehead atoms. The molecule has 0 spiro atoms. The molecule has 104 valence electrons. The number of methoxy groups -OCH3 is 1. The zero-order valence-corrected chi connectivity index (χ0v) is 13.2. The van der Waals surface area contributed by atoms with Crippen LogP contribution in [0, 0.1) is 3.57 Å². The molecule has 0 saturated heterocycles. The van der Waals surface area contributed by atoms with Crippen molar-refractivity contribution in [2.45, 2.75) is 13.0 Å². The van der Waals surface area contributed by atoms with E-state index in [1.807, 2.05) is 30.3 Å². The lowest BCUT2D eigenvalue weighted by Gasteiger charge is -2.10. The number of carbonyl (C=O) groups is 1. The van der Waals surface area contributed by atoms with Crippen LogP contribution < -0.4 is 5.56 Å². The summed E-state index contributed by atoms with van der Waals surface area (Å²) in [5.41, 5.74) is 1.76. The maximum absolute atomic E-state index is 12.0. The topological polar surface area (TPSA) is 48.3 Å². The van der Waals surface area contributed by atoms with Gasteiger partial charge in [-0.15, -0.1) is 0 Å². The first kappa shape index (κ1) is 14.8. The fraction of sp³-hybridized carbons (Fsp3) is 0.200. The van der Waals surface area contributed by atoms with E-state index in [4.69, 9.17) is 0 Å². The van der Waals surface area contributed by atoms with Crippen molar-refractivity contribution < 1.29 is 9.53 Å². The molecule has 0 aliphatic carbocycles. The van der Waals surface area contributed by atoms with Gasteiger partial charge in [0.05, 0.1) is 20.1 Å². The molecule has 1 aromatic carbocycles. The average Bonchev–Trinajstić information content (AvgIpc) is 2.45. The third-order valence-corrected chi connectivity index (χ3v) is 3.91. The third-order valence-electron chi connectivity index (χ3n) is 2.91. The predicted octanol–water partition coefficient (Wildman–Crippen LogP) is 2.22. The van der Waals surface area contributed by atoms with Crippen molar-refractivity contribution in [1.29, 1.82) is 0 Å². The van der Waals surface area contributed by atoms with Crippen molar-refractivity contribution in [3.63, 3.8) is 0 Å². The van der Waals surface area contributed by atoms with Crippen molar-refractivity contribution in [2.75, 3.05) is 7.11 Å². The Morgan fingerprint density at radius 2 is 2.00 bits per heavy atom. The van der Waals surface area contributed by atoms with E-state index in [0.29, 0.717) is 6.54 Å². The molecule has 2 aromatic rings. The normalized spacial score (nSPS) is 10.3. The molecule has 0 aliphatic rings. The van der Waals surface area contributed by atoms with Crippen molar-refractivity contribution >= 4 is 28.6 Å². The zero-order chi connectivity index (χ0) is 14.5. The quantitative estimate of drug-likeness (QED) is 0.601. The summed E-state index contributed by atoms with van der Waals surface area (Å²) in [6.07, 6.45) is 1.90. The smallest absolute Gasteiger partial charge is 0.310 e. The van der Waals surface area contributed by atoms with E-state index in [-0.39, 0.29) is 17.9 Å². The van der Waals surface area contributed by atoms with Gasteiger partial charge in [-0.25, -0.2) is 0 Å². The average molecular weight is 383 g/mol. The molecule has 0 unspecified atom stereocenters. The molecule has 0 aliphatic heterocycles. The highest BCUT2D eigenvalue weighted by Crippen LogP contribution is 2.11. The second-order valence-corrected chi connectivity index (χ2v) is 5.51. The van der Waals surface area contributed by atoms with Crippen LogP contribution in [0.4, 0.5) is 0 Å². The number of benzene rings is 1. The number of hydrogen-bond acceptors (Lipinski definition) is 3. The lowest BCUT2D eigenvalue weighted by molar-refractivity contribution is -0.139. The predicted molar refractivity (Wildman–Crippen MR) is 84.7 cm³/mol. The Hall–Kier alpha value is -1.63. The number of rotatable bonds is 4. The summed E-state index contributed by atoms with van der Waals surface area (Å²) in [4.78, 5) is 23.4. The van der Waals surface area contributed by atoms with Gasteiger partial charge in [-0.3, -0.25) is 9.59 Å². The Labute approximate surface area is 130 Å². The maximum atomic E-state index is 12.0. The molecule has 0 radical (unpaired) electrons. The number of esters is 1. The molecule has 4 nitrogen and oxygen atoms in total. The summed E-state index contributed by atoms with van der Waals surface area (Å²) < 4.78 is 7.05. The third kappa shape index (κ3) is 3.69. The van der Waals surface area contributed by atoms with Gasteiger partial charge >= 0.3 is 5.97 Å². The lowest BCUT2D eigenvalue weighted by atomic mass is 10.2. The summed E-state index contributed by atoms with van der Waals surface area (Å²) in [7, 11) is 1.36. The minimum Gasteiger partial charge on any atom is -0.469 e. The van der Waals surface area contributed by atoms with Gasteiger partial charge in [0.1, 0.15) is 0 Å². The molecular formula is C15H14INO3.